The SMILES string of the molecule is NC[C@H](N)CNS(=O)(=O)c1ccc(-c2ccnc(N)c2)c(C2=NCN=N2)c1S(N)(=O)=O. The van der Waals surface area contributed by atoms with Crippen LogP contribution in [0, 0.1) is 0 Å². The molecule has 0 spiro atoms. The van der Waals surface area contributed by atoms with Crippen LogP contribution in [0.3, 0.4) is 0 Å². The van der Waals surface area contributed by atoms with E-state index in [1.165, 1.54) is 18.3 Å². The van der Waals surface area contributed by atoms with E-state index in [9.17, 15) is 16.8 Å². The molecule has 2 heterocycles. The van der Waals surface area contributed by atoms with Gasteiger partial charge < -0.3 is 17.2 Å². The minimum atomic E-state index is -4.57. The van der Waals surface area contributed by atoms with Gasteiger partial charge in [-0.25, -0.2) is 36.7 Å². The second-order valence-electron chi connectivity index (χ2n) is 6.54. The average molecular weight is 468 g/mol. The lowest BCUT2D eigenvalue weighted by atomic mass is 9.99. The highest BCUT2D eigenvalue weighted by Crippen LogP contribution is 2.35. The first-order chi connectivity index (χ1) is 14.5. The summed E-state index contributed by atoms with van der Waals surface area (Å²) >= 11 is 0. The van der Waals surface area contributed by atoms with Crippen molar-refractivity contribution in [2.24, 2.45) is 31.8 Å². The molecule has 13 nitrogen and oxygen atoms in total. The number of nitrogen functional groups attached to an aromatic ring is 1. The van der Waals surface area contributed by atoms with Gasteiger partial charge in [0.15, 0.2) is 12.5 Å². The van der Waals surface area contributed by atoms with Gasteiger partial charge in [0, 0.05) is 25.3 Å². The Bertz CT molecular complexity index is 1270. The number of anilines is 1. The fraction of sp³-hybridized carbons (Fsp3) is 0.250. The number of nitrogens with zero attached hydrogens (tertiary/aromatic N) is 4. The summed E-state index contributed by atoms with van der Waals surface area (Å²) in [7, 11) is -8.92. The minimum absolute atomic E-state index is 0.0232. The van der Waals surface area contributed by atoms with Crippen LogP contribution in [0.1, 0.15) is 5.56 Å². The van der Waals surface area contributed by atoms with Crippen LogP contribution >= 0.6 is 0 Å². The summed E-state index contributed by atoms with van der Waals surface area (Å²) in [6.07, 6.45) is 1.42. The Balaban J connectivity index is 2.33. The molecule has 0 unspecified atom stereocenters. The summed E-state index contributed by atoms with van der Waals surface area (Å²) in [5.74, 6) is 0.0925. The summed E-state index contributed by atoms with van der Waals surface area (Å²) < 4.78 is 53.3. The molecule has 9 N–H and O–H groups in total. The third kappa shape index (κ3) is 4.92. The van der Waals surface area contributed by atoms with E-state index in [4.69, 9.17) is 22.3 Å². The van der Waals surface area contributed by atoms with E-state index in [0.717, 1.165) is 6.07 Å². The van der Waals surface area contributed by atoms with Gasteiger partial charge in [-0.2, -0.15) is 5.11 Å². The number of aliphatic imine (C=N–C) groups is 1. The average Bonchev–Trinajstić information content (AvgIpc) is 3.25. The fourth-order valence-corrected chi connectivity index (χ4v) is 5.57. The molecule has 15 heteroatoms. The smallest absolute Gasteiger partial charge is 0.241 e. The van der Waals surface area contributed by atoms with Gasteiger partial charge >= 0.3 is 0 Å². The van der Waals surface area contributed by atoms with Crippen molar-refractivity contribution in [1.29, 1.82) is 0 Å². The first-order valence-corrected chi connectivity index (χ1v) is 11.9. The van der Waals surface area contributed by atoms with Gasteiger partial charge in [0.25, 0.3) is 0 Å². The van der Waals surface area contributed by atoms with Crippen LogP contribution in [0.5, 0.6) is 0 Å². The number of hydrogen-bond donors (Lipinski definition) is 5. The van der Waals surface area contributed by atoms with Crippen molar-refractivity contribution >= 4 is 31.7 Å². The maximum atomic E-state index is 12.9. The quantitative estimate of drug-likeness (QED) is 0.312. The Morgan fingerprint density at radius 2 is 1.90 bits per heavy atom. The zero-order valence-corrected chi connectivity index (χ0v) is 17.8. The Labute approximate surface area is 178 Å². The molecule has 0 aliphatic carbocycles. The summed E-state index contributed by atoms with van der Waals surface area (Å²) in [4.78, 5) is 6.72. The Morgan fingerprint density at radius 3 is 2.48 bits per heavy atom. The molecule has 1 aliphatic rings. The number of pyridine rings is 1. The molecular weight excluding hydrogens is 446 g/mol. The first kappa shape index (κ1) is 22.9. The minimum Gasteiger partial charge on any atom is -0.384 e. The van der Waals surface area contributed by atoms with E-state index in [2.05, 4.69) is 24.9 Å². The van der Waals surface area contributed by atoms with Crippen molar-refractivity contribution in [2.45, 2.75) is 15.8 Å². The van der Waals surface area contributed by atoms with E-state index in [1.54, 1.807) is 6.07 Å². The molecule has 0 bridgehead atoms. The van der Waals surface area contributed by atoms with E-state index in [0.29, 0.717) is 5.56 Å². The fourth-order valence-electron chi connectivity index (χ4n) is 2.87. The van der Waals surface area contributed by atoms with Crippen molar-refractivity contribution in [3.63, 3.8) is 0 Å². The normalized spacial score (nSPS) is 15.1. The number of nitrogens with one attached hydrogen (secondary N) is 1. The number of primary sulfonamides is 1. The molecule has 2 aromatic rings. The van der Waals surface area contributed by atoms with E-state index >= 15 is 0 Å². The number of rotatable bonds is 8. The van der Waals surface area contributed by atoms with Crippen molar-refractivity contribution in [1.82, 2.24) is 9.71 Å². The van der Waals surface area contributed by atoms with Crippen molar-refractivity contribution < 1.29 is 16.8 Å². The highest BCUT2D eigenvalue weighted by Gasteiger charge is 2.32. The highest BCUT2D eigenvalue weighted by molar-refractivity contribution is 7.92. The van der Waals surface area contributed by atoms with Gasteiger partial charge in [0.1, 0.15) is 15.6 Å². The second-order valence-corrected chi connectivity index (χ2v) is 9.78. The van der Waals surface area contributed by atoms with Crippen LogP contribution in [0.4, 0.5) is 5.82 Å². The molecule has 166 valence electrons. The third-order valence-corrected chi connectivity index (χ3v) is 6.89. The number of hydrogen-bond acceptors (Lipinski definition) is 11. The predicted molar refractivity (Wildman–Crippen MR) is 114 cm³/mol. The molecule has 31 heavy (non-hydrogen) atoms. The monoisotopic (exact) mass is 467 g/mol. The molecular formula is C16H21N9O4S2. The van der Waals surface area contributed by atoms with E-state index in [1.807, 2.05) is 0 Å². The molecule has 1 aliphatic heterocycles. The summed E-state index contributed by atoms with van der Waals surface area (Å²) in [5, 5.41) is 13.0. The Morgan fingerprint density at radius 1 is 1.16 bits per heavy atom. The predicted octanol–water partition coefficient (Wildman–Crippen LogP) is -1.29. The van der Waals surface area contributed by atoms with Crippen LogP contribution in [-0.4, -0.2) is 53.5 Å². The van der Waals surface area contributed by atoms with Gasteiger partial charge in [-0.3, -0.25) is 0 Å². The molecule has 1 atom stereocenters. The number of aromatic nitrogens is 1. The van der Waals surface area contributed by atoms with Gasteiger partial charge in [0.05, 0.1) is 5.56 Å². The van der Waals surface area contributed by atoms with Crippen molar-refractivity contribution in [3.05, 3.63) is 36.0 Å². The third-order valence-electron chi connectivity index (χ3n) is 4.30. The Kier molecular flexibility index (Phi) is 6.44. The maximum Gasteiger partial charge on any atom is 0.241 e. The summed E-state index contributed by atoms with van der Waals surface area (Å²) in [6.45, 7) is -0.227. The second kappa shape index (κ2) is 8.74. The lowest BCUT2D eigenvalue weighted by molar-refractivity contribution is 0.563. The number of sulfonamides is 2. The van der Waals surface area contributed by atoms with Gasteiger partial charge in [-0.1, -0.05) is 6.07 Å². The number of amidine groups is 1. The van der Waals surface area contributed by atoms with Crippen LogP contribution in [-0.2, 0) is 20.0 Å². The molecule has 1 aromatic carbocycles. The van der Waals surface area contributed by atoms with Gasteiger partial charge in [-0.15, -0.1) is 5.11 Å². The number of benzene rings is 1. The number of azo groups is 1. The highest BCUT2D eigenvalue weighted by atomic mass is 32.2. The van der Waals surface area contributed by atoms with Crippen LogP contribution in [0.2, 0.25) is 0 Å². The zero-order chi connectivity index (χ0) is 22.8. The van der Waals surface area contributed by atoms with Crippen LogP contribution in [0.15, 0.2) is 55.5 Å². The largest absolute Gasteiger partial charge is 0.384 e. The van der Waals surface area contributed by atoms with Crippen molar-refractivity contribution in [3.8, 4) is 11.1 Å². The molecule has 3 rings (SSSR count). The molecule has 0 radical (unpaired) electrons. The molecule has 0 amide bonds. The topological polar surface area (TPSA) is 234 Å². The summed E-state index contributed by atoms with van der Waals surface area (Å²) in [5.41, 5.74) is 17.5. The molecule has 0 fully saturated rings. The summed E-state index contributed by atoms with van der Waals surface area (Å²) in [6, 6.07) is 4.93. The van der Waals surface area contributed by atoms with E-state index in [-0.39, 0.29) is 42.5 Å². The maximum absolute atomic E-state index is 12.9. The Hall–Kier alpha value is -2.82. The van der Waals surface area contributed by atoms with Crippen LogP contribution < -0.4 is 27.1 Å². The van der Waals surface area contributed by atoms with Gasteiger partial charge in [0.2, 0.25) is 20.0 Å². The number of nitrogens with two attached hydrogens (primary N) is 4. The lowest BCUT2D eigenvalue weighted by Crippen LogP contribution is -2.42. The van der Waals surface area contributed by atoms with Crippen molar-refractivity contribution in [2.75, 3.05) is 25.5 Å². The van der Waals surface area contributed by atoms with E-state index < -0.39 is 35.9 Å². The molecule has 0 saturated carbocycles. The first-order valence-electron chi connectivity index (χ1n) is 8.84. The van der Waals surface area contributed by atoms with Gasteiger partial charge in [-0.05, 0) is 29.3 Å². The molecule has 1 aromatic heterocycles. The standard InChI is InChI=1S/C16H21N9O4S2/c17-6-10(18)7-24-31(28,29)12-2-1-11(9-3-4-21-13(19)5-9)14(15(12)30(20,26)27)16-22-8-23-25-16/h1-5,10,24H,6-8,17-18H2,(H2,19,21)(H2,20,26,27)/t10-/m0/s1. The molecule has 0 saturated heterocycles. The lowest BCUT2D eigenvalue weighted by Gasteiger charge is -2.18. The zero-order valence-electron chi connectivity index (χ0n) is 16.1. The van der Waals surface area contributed by atoms with Crippen LogP contribution in [0.25, 0.3) is 11.1 Å².